The first-order valence-corrected chi connectivity index (χ1v) is 19.5. The van der Waals surface area contributed by atoms with E-state index in [0.717, 1.165) is 66.6 Å². The Hall–Kier alpha value is -6.37. The summed E-state index contributed by atoms with van der Waals surface area (Å²) in [7, 11) is 2.08. The van der Waals surface area contributed by atoms with Gasteiger partial charge in [-0.1, -0.05) is 30.3 Å². The Morgan fingerprint density at radius 2 is 1.58 bits per heavy atom. The standard InChI is InChI=1S/C39H47N9O5.C2HF3O2/c1-24-20-30(37(50)42-32-4-3-19-48(2)23-32)15-18-33(24)27-9-5-25(6-10-27)21-34(43-36(49)29-11-7-26(8-12-29)22-40-39(52)53)38(51)41-31-16-13-28(14-17-31)35-44-46-47-45-35;3-2(4,5)1(6)7/h5-6,9-10,13-18,20,26,29,32,34,40H,3-4,7-8,11-12,19,21-23H2,1-2H3,(H,41,51)(H,42,50)(H,43,49)(H,52,53)(H,44,45,46,47);(H,6,7)/t26-,29-,32-,34-;/m0./s1. The number of amides is 4. The van der Waals surface area contributed by atoms with Crippen molar-refractivity contribution >= 4 is 35.5 Å². The second-order valence-electron chi connectivity index (χ2n) is 15.1. The van der Waals surface area contributed by atoms with Crippen molar-refractivity contribution in [2.75, 3.05) is 32.0 Å². The number of halogens is 3. The number of alkyl halides is 3. The summed E-state index contributed by atoms with van der Waals surface area (Å²) in [6.45, 7) is 4.27. The lowest BCUT2D eigenvalue weighted by Crippen LogP contribution is -2.48. The number of nitrogens with zero attached hydrogens (tertiary/aromatic N) is 4. The lowest BCUT2D eigenvalue weighted by atomic mass is 9.81. The number of piperidine rings is 1. The summed E-state index contributed by atoms with van der Waals surface area (Å²) in [5.74, 6) is -3.00. The Morgan fingerprint density at radius 3 is 2.17 bits per heavy atom. The van der Waals surface area contributed by atoms with Crippen molar-refractivity contribution < 1.29 is 47.4 Å². The molecule has 2 aliphatic rings. The number of H-pyrrole nitrogens is 1. The number of aliphatic carboxylic acids is 1. The number of hydrogen-bond donors (Lipinski definition) is 7. The minimum Gasteiger partial charge on any atom is -0.475 e. The molecule has 1 saturated heterocycles. The van der Waals surface area contributed by atoms with Crippen molar-refractivity contribution in [2.24, 2.45) is 11.8 Å². The zero-order valence-electron chi connectivity index (χ0n) is 33.1. The van der Waals surface area contributed by atoms with Crippen molar-refractivity contribution in [3.8, 4) is 22.5 Å². The van der Waals surface area contributed by atoms with E-state index in [4.69, 9.17) is 15.0 Å². The van der Waals surface area contributed by atoms with E-state index >= 15 is 0 Å². The number of nitrogens with one attached hydrogen (secondary N) is 5. The lowest BCUT2D eigenvalue weighted by molar-refractivity contribution is -0.192. The van der Waals surface area contributed by atoms with Gasteiger partial charge in [-0.15, -0.1) is 10.2 Å². The number of aromatic nitrogens is 4. The molecule has 0 unspecified atom stereocenters. The van der Waals surface area contributed by atoms with Crippen molar-refractivity contribution in [3.63, 3.8) is 0 Å². The van der Waals surface area contributed by atoms with Gasteiger partial charge in [-0.2, -0.15) is 18.4 Å². The Bertz CT molecular complexity index is 2090. The van der Waals surface area contributed by atoms with Gasteiger partial charge >= 0.3 is 18.2 Å². The van der Waals surface area contributed by atoms with Crippen LogP contribution in [-0.4, -0.2) is 110 Å². The van der Waals surface area contributed by atoms with Crippen LogP contribution in [0.25, 0.3) is 22.5 Å². The Morgan fingerprint density at radius 1 is 0.917 bits per heavy atom. The first-order valence-electron chi connectivity index (χ1n) is 19.5. The third-order valence-electron chi connectivity index (χ3n) is 10.5. The summed E-state index contributed by atoms with van der Waals surface area (Å²) in [4.78, 5) is 62.3. The number of benzene rings is 3. The monoisotopic (exact) mass is 835 g/mol. The van der Waals surface area contributed by atoms with Gasteiger partial charge in [0.15, 0.2) is 0 Å². The molecule has 320 valence electrons. The van der Waals surface area contributed by atoms with Gasteiger partial charge in [-0.05, 0) is 129 Å². The predicted octanol–water partition coefficient (Wildman–Crippen LogP) is 5.04. The van der Waals surface area contributed by atoms with Crippen LogP contribution in [0.1, 0.15) is 60.0 Å². The summed E-state index contributed by atoms with van der Waals surface area (Å²) in [6.07, 6.45) is -1.11. The number of rotatable bonds is 12. The topological polar surface area (TPSA) is 232 Å². The number of hydrogen-bond acceptors (Lipinski definition) is 9. The quantitative estimate of drug-likeness (QED) is 0.1000. The van der Waals surface area contributed by atoms with E-state index in [9.17, 15) is 32.3 Å². The van der Waals surface area contributed by atoms with Crippen LogP contribution in [0.5, 0.6) is 0 Å². The van der Waals surface area contributed by atoms with Gasteiger partial charge in [-0.3, -0.25) is 14.4 Å². The molecule has 2 heterocycles. The normalized spacial score (nSPS) is 18.5. The van der Waals surface area contributed by atoms with Crippen molar-refractivity contribution in [2.45, 2.75) is 70.1 Å². The minimum absolute atomic E-state index is 0.0622. The highest BCUT2D eigenvalue weighted by molar-refractivity contribution is 5.98. The number of carbonyl (C=O) groups is 5. The van der Waals surface area contributed by atoms with E-state index in [-0.39, 0.29) is 42.0 Å². The molecular weight excluding hydrogens is 788 g/mol. The number of carboxylic acid groups (broad SMARTS) is 2. The van der Waals surface area contributed by atoms with Crippen molar-refractivity contribution in [1.29, 1.82) is 0 Å². The second kappa shape index (κ2) is 20.5. The maximum absolute atomic E-state index is 13.7. The fraction of sp³-hybridized carbons (Fsp3) is 0.415. The van der Waals surface area contributed by atoms with Crippen LogP contribution in [0, 0.1) is 18.8 Å². The molecule has 0 bridgehead atoms. The van der Waals surface area contributed by atoms with Gasteiger partial charge in [0.05, 0.1) is 0 Å². The molecule has 7 N–H and O–H groups in total. The average molecular weight is 836 g/mol. The highest BCUT2D eigenvalue weighted by Crippen LogP contribution is 2.29. The molecule has 4 amide bonds. The lowest BCUT2D eigenvalue weighted by Gasteiger charge is -2.30. The van der Waals surface area contributed by atoms with E-state index in [0.29, 0.717) is 36.5 Å². The number of anilines is 1. The molecule has 4 aromatic rings. The van der Waals surface area contributed by atoms with Gasteiger partial charge in [0.25, 0.3) is 5.91 Å². The zero-order valence-corrected chi connectivity index (χ0v) is 33.1. The molecule has 16 nitrogen and oxygen atoms in total. The van der Waals surface area contributed by atoms with E-state index in [1.165, 1.54) is 0 Å². The molecule has 1 aromatic heterocycles. The molecule has 0 radical (unpaired) electrons. The number of carboxylic acids is 1. The van der Waals surface area contributed by atoms with Gasteiger partial charge in [0, 0.05) is 48.3 Å². The third kappa shape index (κ3) is 13.1. The highest BCUT2D eigenvalue weighted by atomic mass is 19.4. The van der Waals surface area contributed by atoms with Gasteiger partial charge < -0.3 is 36.4 Å². The highest BCUT2D eigenvalue weighted by Gasteiger charge is 2.38. The second-order valence-corrected chi connectivity index (χ2v) is 15.1. The van der Waals surface area contributed by atoms with E-state index in [1.54, 1.807) is 24.3 Å². The van der Waals surface area contributed by atoms with E-state index in [1.807, 2.05) is 49.4 Å². The van der Waals surface area contributed by atoms with Crippen molar-refractivity contribution in [3.05, 3.63) is 83.4 Å². The number of aromatic amines is 1. The molecule has 2 atom stereocenters. The van der Waals surface area contributed by atoms with Crippen LogP contribution in [-0.2, 0) is 20.8 Å². The Kier molecular flexibility index (Phi) is 15.3. The zero-order chi connectivity index (χ0) is 43.4. The maximum atomic E-state index is 13.7. The van der Waals surface area contributed by atoms with Crippen LogP contribution < -0.4 is 21.3 Å². The van der Waals surface area contributed by atoms with Crippen molar-refractivity contribution in [1.82, 2.24) is 41.5 Å². The molecule has 3 aromatic carbocycles. The summed E-state index contributed by atoms with van der Waals surface area (Å²) in [5.41, 5.74) is 5.76. The van der Waals surface area contributed by atoms with Crippen LogP contribution in [0.15, 0.2) is 66.7 Å². The smallest absolute Gasteiger partial charge is 0.475 e. The van der Waals surface area contributed by atoms with Crippen LogP contribution in [0.3, 0.4) is 0 Å². The number of aryl methyl sites for hydroxylation is 1. The van der Waals surface area contributed by atoms with Gasteiger partial charge in [0.2, 0.25) is 17.6 Å². The molecule has 0 spiro atoms. The number of tetrazole rings is 1. The maximum Gasteiger partial charge on any atom is 0.490 e. The third-order valence-corrected chi connectivity index (χ3v) is 10.5. The molecule has 1 saturated carbocycles. The molecule has 60 heavy (non-hydrogen) atoms. The molecule has 1 aliphatic carbocycles. The summed E-state index contributed by atoms with van der Waals surface area (Å²) in [5, 5.41) is 41.6. The fourth-order valence-corrected chi connectivity index (χ4v) is 7.31. The summed E-state index contributed by atoms with van der Waals surface area (Å²) in [6, 6.07) is 20.0. The van der Waals surface area contributed by atoms with Crippen LogP contribution in [0.2, 0.25) is 0 Å². The number of likely N-dealkylation sites (tertiary alicyclic amines) is 1. The minimum atomic E-state index is -5.08. The SMILES string of the molecule is Cc1cc(C(=O)N[C@H]2CCCN(C)C2)ccc1-c1ccc(C[C@H](NC(=O)[C@H]2CC[C@H](CNC(=O)O)CC2)C(=O)Nc2ccc(-c3nn[nH]n3)cc2)cc1.O=C(O)C(F)(F)F. The molecule has 2 fully saturated rings. The molecular formula is C41H48F3N9O7. The molecule has 1 aliphatic heterocycles. The van der Waals surface area contributed by atoms with E-state index < -0.39 is 24.3 Å². The Labute approximate surface area is 343 Å². The van der Waals surface area contributed by atoms with Crippen LogP contribution >= 0.6 is 0 Å². The number of carbonyl (C=O) groups excluding carboxylic acids is 3. The Balaban J connectivity index is 0.000000896. The van der Waals surface area contributed by atoms with E-state index in [2.05, 4.69) is 53.8 Å². The first kappa shape index (κ1) is 44.7. The number of likely N-dealkylation sites (N-methyl/N-ethyl adjacent to an activating group) is 1. The fourth-order valence-electron chi connectivity index (χ4n) is 7.31. The average Bonchev–Trinajstić information content (AvgIpc) is 3.76. The molecule has 19 heteroatoms. The van der Waals surface area contributed by atoms with Crippen LogP contribution in [0.4, 0.5) is 23.7 Å². The molecule has 6 rings (SSSR count). The largest absolute Gasteiger partial charge is 0.490 e. The first-order chi connectivity index (χ1) is 28.5. The summed E-state index contributed by atoms with van der Waals surface area (Å²) < 4.78 is 31.7. The predicted molar refractivity (Wildman–Crippen MR) is 214 cm³/mol. The van der Waals surface area contributed by atoms with Gasteiger partial charge in [-0.25, -0.2) is 9.59 Å². The van der Waals surface area contributed by atoms with Gasteiger partial charge in [0.1, 0.15) is 6.04 Å². The summed E-state index contributed by atoms with van der Waals surface area (Å²) >= 11 is 0.